The van der Waals surface area contributed by atoms with Crippen molar-refractivity contribution >= 4 is 23.8 Å². The summed E-state index contributed by atoms with van der Waals surface area (Å²) in [4.78, 5) is 37.6. The first-order valence-corrected chi connectivity index (χ1v) is 11.1. The highest BCUT2D eigenvalue weighted by Gasteiger charge is 2.39. The topological polar surface area (TPSA) is 125 Å². The fourth-order valence-corrected chi connectivity index (χ4v) is 4.70. The molecule has 0 radical (unpaired) electrons. The van der Waals surface area contributed by atoms with E-state index in [1.807, 2.05) is 36.4 Å². The lowest BCUT2D eigenvalue weighted by molar-refractivity contribution is -0.146. The van der Waals surface area contributed by atoms with Gasteiger partial charge in [0.15, 0.2) is 5.82 Å². The van der Waals surface area contributed by atoms with Crippen molar-refractivity contribution in [3.05, 3.63) is 71.4 Å². The number of benzene rings is 2. The molecule has 0 aliphatic heterocycles. The van der Waals surface area contributed by atoms with Crippen molar-refractivity contribution in [2.75, 3.05) is 19.0 Å². The third-order valence-corrected chi connectivity index (χ3v) is 6.71. The first kappa shape index (κ1) is 21.7. The van der Waals surface area contributed by atoms with Crippen molar-refractivity contribution in [1.82, 2.24) is 15.1 Å². The number of nitrogens with zero attached hydrogens (tertiary/aromatic N) is 2. The average Bonchev–Trinajstić information content (AvgIpc) is 3.38. The van der Waals surface area contributed by atoms with Crippen LogP contribution in [-0.4, -0.2) is 57.9 Å². The Labute approximate surface area is 195 Å². The molecule has 9 heteroatoms. The van der Waals surface area contributed by atoms with Gasteiger partial charge in [-0.15, -0.1) is 0 Å². The van der Waals surface area contributed by atoms with Gasteiger partial charge in [0.05, 0.1) is 5.92 Å². The van der Waals surface area contributed by atoms with Gasteiger partial charge >= 0.3 is 12.1 Å². The molecular formula is C25H24N4O5. The van der Waals surface area contributed by atoms with Gasteiger partial charge in [0, 0.05) is 25.1 Å². The molecule has 5 rings (SSSR count). The number of H-pyrrole nitrogens is 1. The van der Waals surface area contributed by atoms with Gasteiger partial charge in [0.1, 0.15) is 12.3 Å². The van der Waals surface area contributed by atoms with Crippen molar-refractivity contribution in [2.24, 2.45) is 5.92 Å². The number of rotatable bonds is 6. The number of aromatic nitrogens is 2. The second-order valence-electron chi connectivity index (χ2n) is 8.69. The molecule has 3 aromatic rings. The Morgan fingerprint density at radius 2 is 1.71 bits per heavy atom. The van der Waals surface area contributed by atoms with Gasteiger partial charge in [-0.25, -0.2) is 4.79 Å². The number of hydrogen-bond acceptors (Lipinski definition) is 5. The molecule has 1 heterocycles. The molecular weight excluding hydrogens is 436 g/mol. The summed E-state index contributed by atoms with van der Waals surface area (Å²) in [6, 6.07) is 17.5. The number of aromatic amines is 1. The van der Waals surface area contributed by atoms with Gasteiger partial charge in [-0.05, 0) is 35.1 Å². The lowest BCUT2D eigenvalue weighted by Gasteiger charge is -2.38. The van der Waals surface area contributed by atoms with E-state index in [2.05, 4.69) is 27.6 Å². The fourth-order valence-electron chi connectivity index (χ4n) is 4.70. The largest absolute Gasteiger partial charge is 0.481 e. The van der Waals surface area contributed by atoms with Crippen molar-refractivity contribution in [3.63, 3.8) is 0 Å². The minimum Gasteiger partial charge on any atom is -0.481 e. The monoisotopic (exact) mass is 460 g/mol. The van der Waals surface area contributed by atoms with E-state index in [4.69, 9.17) is 9.84 Å². The molecule has 0 spiro atoms. The minimum atomic E-state index is -0.840. The maximum atomic E-state index is 12.7. The normalized spacial score (nSPS) is 18.4. The van der Waals surface area contributed by atoms with Gasteiger partial charge in [0.25, 0.3) is 5.91 Å². The van der Waals surface area contributed by atoms with Gasteiger partial charge in [-0.1, -0.05) is 48.5 Å². The van der Waals surface area contributed by atoms with Crippen molar-refractivity contribution < 1.29 is 24.2 Å². The number of anilines is 1. The van der Waals surface area contributed by atoms with Crippen LogP contribution in [0, 0.1) is 5.92 Å². The van der Waals surface area contributed by atoms with Crippen LogP contribution in [0.3, 0.4) is 0 Å². The predicted octanol–water partition coefficient (Wildman–Crippen LogP) is 3.71. The molecule has 2 aliphatic rings. The van der Waals surface area contributed by atoms with Crippen LogP contribution >= 0.6 is 0 Å². The molecule has 0 saturated heterocycles. The summed E-state index contributed by atoms with van der Waals surface area (Å²) in [5, 5.41) is 18.2. The summed E-state index contributed by atoms with van der Waals surface area (Å²) in [5.41, 5.74) is 4.73. The number of aliphatic carboxylic acids is 1. The summed E-state index contributed by atoms with van der Waals surface area (Å²) < 4.78 is 5.50. The number of ether oxygens (including phenoxy) is 1. The molecule has 2 amide bonds. The van der Waals surface area contributed by atoms with Crippen molar-refractivity contribution in [3.8, 4) is 11.1 Å². The molecule has 174 valence electrons. The molecule has 1 aromatic heterocycles. The number of nitrogens with one attached hydrogen (secondary N) is 2. The zero-order valence-corrected chi connectivity index (χ0v) is 18.5. The molecule has 1 saturated carbocycles. The highest BCUT2D eigenvalue weighted by Crippen LogP contribution is 2.44. The molecule has 34 heavy (non-hydrogen) atoms. The van der Waals surface area contributed by atoms with E-state index in [0.717, 1.165) is 22.3 Å². The molecule has 0 bridgehead atoms. The van der Waals surface area contributed by atoms with E-state index in [1.54, 1.807) is 7.05 Å². The quantitative estimate of drug-likeness (QED) is 0.515. The average molecular weight is 460 g/mol. The van der Waals surface area contributed by atoms with E-state index >= 15 is 0 Å². The molecule has 9 nitrogen and oxygen atoms in total. The van der Waals surface area contributed by atoms with Crippen molar-refractivity contribution in [1.29, 1.82) is 0 Å². The second kappa shape index (κ2) is 8.66. The van der Waals surface area contributed by atoms with Crippen LogP contribution in [0.1, 0.15) is 40.4 Å². The van der Waals surface area contributed by atoms with Crippen LogP contribution in [-0.2, 0) is 9.53 Å². The SMILES string of the molecule is CN(C(=O)c1cc(NC(=O)OCC2c3ccccc3-c3ccccc32)n[nH]1)C1CC(C(=O)O)C1. The van der Waals surface area contributed by atoms with E-state index in [1.165, 1.54) is 11.0 Å². The van der Waals surface area contributed by atoms with Crippen LogP contribution in [0.2, 0.25) is 0 Å². The van der Waals surface area contributed by atoms with Crippen LogP contribution in [0.4, 0.5) is 10.6 Å². The first-order chi connectivity index (χ1) is 16.4. The Balaban J connectivity index is 1.18. The van der Waals surface area contributed by atoms with Gasteiger partial charge in [-0.3, -0.25) is 20.0 Å². The van der Waals surface area contributed by atoms with Gasteiger partial charge in [-0.2, -0.15) is 5.10 Å². The van der Waals surface area contributed by atoms with Crippen LogP contribution < -0.4 is 5.32 Å². The number of fused-ring (bicyclic) bond motifs is 3. The maximum Gasteiger partial charge on any atom is 0.412 e. The lowest BCUT2D eigenvalue weighted by Crippen LogP contribution is -2.47. The molecule has 3 N–H and O–H groups in total. The Bertz CT molecular complexity index is 1220. The standard InChI is InChI=1S/C25H24N4O5/c1-29(15-10-14(11-15)24(31)32)23(30)21-12-22(28-27-21)26-25(33)34-13-20-18-8-4-2-6-16(18)17-7-3-5-9-19(17)20/h2-9,12,14-15,20H,10-11,13H2,1H3,(H,31,32)(H2,26,27,28,33). The lowest BCUT2D eigenvalue weighted by atomic mass is 9.79. The zero-order chi connectivity index (χ0) is 23.8. The Morgan fingerprint density at radius 3 is 2.32 bits per heavy atom. The predicted molar refractivity (Wildman–Crippen MR) is 124 cm³/mol. The fraction of sp³-hybridized carbons (Fsp3) is 0.280. The second-order valence-corrected chi connectivity index (χ2v) is 8.69. The number of amides is 2. The smallest absolute Gasteiger partial charge is 0.412 e. The number of carboxylic acid groups (broad SMARTS) is 1. The number of carbonyl (C=O) groups is 3. The summed E-state index contributed by atoms with van der Waals surface area (Å²) in [6.45, 7) is 0.172. The maximum absolute atomic E-state index is 12.7. The molecule has 2 aromatic carbocycles. The van der Waals surface area contributed by atoms with E-state index in [-0.39, 0.29) is 36.0 Å². The van der Waals surface area contributed by atoms with Crippen molar-refractivity contribution in [2.45, 2.75) is 24.8 Å². The van der Waals surface area contributed by atoms with E-state index in [9.17, 15) is 14.4 Å². The number of hydrogen-bond donors (Lipinski definition) is 3. The summed E-state index contributed by atoms with van der Waals surface area (Å²) >= 11 is 0. The molecule has 0 atom stereocenters. The highest BCUT2D eigenvalue weighted by atomic mass is 16.5. The third kappa shape index (κ3) is 3.89. The first-order valence-electron chi connectivity index (χ1n) is 11.1. The van der Waals surface area contributed by atoms with Crippen LogP contribution in [0.25, 0.3) is 11.1 Å². The van der Waals surface area contributed by atoms with E-state index < -0.39 is 18.0 Å². The number of carboxylic acids is 1. The summed E-state index contributed by atoms with van der Waals surface area (Å²) in [7, 11) is 1.63. The van der Waals surface area contributed by atoms with Gasteiger partial charge < -0.3 is 14.7 Å². The van der Waals surface area contributed by atoms with Crippen LogP contribution in [0.5, 0.6) is 0 Å². The van der Waals surface area contributed by atoms with Crippen LogP contribution in [0.15, 0.2) is 54.6 Å². The summed E-state index contributed by atoms with van der Waals surface area (Å²) in [5.74, 6) is -1.45. The van der Waals surface area contributed by atoms with E-state index in [0.29, 0.717) is 12.8 Å². The van der Waals surface area contributed by atoms with Gasteiger partial charge in [0.2, 0.25) is 0 Å². The Kier molecular flexibility index (Phi) is 5.53. The molecule has 0 unspecified atom stereocenters. The minimum absolute atomic E-state index is 0.0553. The molecule has 1 fully saturated rings. The summed E-state index contributed by atoms with van der Waals surface area (Å²) in [6.07, 6.45) is 0.191. The Hall–Kier alpha value is -4.14. The zero-order valence-electron chi connectivity index (χ0n) is 18.5. The number of carbonyl (C=O) groups excluding carboxylic acids is 2. The molecule has 2 aliphatic carbocycles. The highest BCUT2D eigenvalue weighted by molar-refractivity contribution is 5.94. The third-order valence-electron chi connectivity index (χ3n) is 6.71. The Morgan fingerprint density at radius 1 is 1.09 bits per heavy atom.